The van der Waals surface area contributed by atoms with Crippen LogP contribution in [0.5, 0.6) is 5.75 Å². The number of carbonyl (C=O) groups excluding carboxylic acids is 3. The predicted octanol–water partition coefficient (Wildman–Crippen LogP) is 3.28. The number of benzene rings is 3. The van der Waals surface area contributed by atoms with Crippen LogP contribution in [0.3, 0.4) is 0 Å². The van der Waals surface area contributed by atoms with Crippen LogP contribution in [0.15, 0.2) is 60.7 Å². The molecule has 0 aliphatic carbocycles. The number of rotatable bonds is 4. The zero-order valence-electron chi connectivity index (χ0n) is 15.4. The highest BCUT2D eigenvalue weighted by molar-refractivity contribution is 6.21. The van der Waals surface area contributed by atoms with Crippen molar-refractivity contribution in [2.24, 2.45) is 0 Å². The third-order valence-corrected chi connectivity index (χ3v) is 4.98. The van der Waals surface area contributed by atoms with Gasteiger partial charge in [0, 0.05) is 0 Å². The summed E-state index contributed by atoms with van der Waals surface area (Å²) in [4.78, 5) is 37.5. The quantitative estimate of drug-likeness (QED) is 0.711. The van der Waals surface area contributed by atoms with Gasteiger partial charge in [-0.25, -0.2) is 0 Å². The molecule has 28 heavy (non-hydrogen) atoms. The number of amides is 3. The zero-order chi connectivity index (χ0) is 19.8. The van der Waals surface area contributed by atoms with E-state index in [0.717, 1.165) is 27.1 Å². The Balaban J connectivity index is 1.55. The lowest BCUT2D eigenvalue weighted by molar-refractivity contribution is -0.125. The van der Waals surface area contributed by atoms with Gasteiger partial charge >= 0.3 is 0 Å². The molecule has 0 aromatic heterocycles. The van der Waals surface area contributed by atoms with Crippen molar-refractivity contribution in [1.82, 2.24) is 10.4 Å². The molecule has 0 radical (unpaired) electrons. The van der Waals surface area contributed by atoms with E-state index in [9.17, 15) is 14.4 Å². The topological polar surface area (TPSA) is 75.7 Å². The van der Waals surface area contributed by atoms with Crippen molar-refractivity contribution in [3.63, 3.8) is 0 Å². The van der Waals surface area contributed by atoms with Crippen molar-refractivity contribution < 1.29 is 19.1 Å². The Morgan fingerprint density at radius 1 is 0.929 bits per heavy atom. The maximum Gasteiger partial charge on any atom is 0.280 e. The van der Waals surface area contributed by atoms with Gasteiger partial charge in [0.2, 0.25) is 5.91 Å². The molecule has 1 aliphatic heterocycles. The standard InChI is InChI=1S/C22H18N2O4/c1-13(14-7-8-16-12-17(28-2)10-9-15(16)11-14)20(25)23-24-21(26)18-5-3-4-6-19(18)22(24)27/h3-13H,1-2H3,(H,23,25). The minimum Gasteiger partial charge on any atom is -0.497 e. The zero-order valence-corrected chi connectivity index (χ0v) is 15.4. The van der Waals surface area contributed by atoms with Crippen LogP contribution in [0.2, 0.25) is 0 Å². The van der Waals surface area contributed by atoms with Crippen LogP contribution in [0, 0.1) is 0 Å². The number of nitrogens with one attached hydrogen (secondary N) is 1. The van der Waals surface area contributed by atoms with E-state index in [1.807, 2.05) is 36.4 Å². The SMILES string of the molecule is COc1ccc2cc(C(C)C(=O)NN3C(=O)c4ccccc4C3=O)ccc2c1. The van der Waals surface area contributed by atoms with Gasteiger partial charge < -0.3 is 4.74 Å². The summed E-state index contributed by atoms with van der Waals surface area (Å²) in [7, 11) is 1.61. The van der Waals surface area contributed by atoms with Crippen molar-refractivity contribution in [3.8, 4) is 5.75 Å². The molecule has 0 saturated carbocycles. The molecular weight excluding hydrogens is 356 g/mol. The second-order valence-corrected chi connectivity index (χ2v) is 6.66. The monoisotopic (exact) mass is 374 g/mol. The average molecular weight is 374 g/mol. The van der Waals surface area contributed by atoms with Crippen LogP contribution in [-0.4, -0.2) is 29.8 Å². The largest absolute Gasteiger partial charge is 0.497 e. The first-order valence-electron chi connectivity index (χ1n) is 8.85. The van der Waals surface area contributed by atoms with E-state index in [2.05, 4.69) is 5.43 Å². The molecule has 1 N–H and O–H groups in total. The smallest absolute Gasteiger partial charge is 0.280 e. The minimum absolute atomic E-state index is 0.292. The number of methoxy groups -OCH3 is 1. The second-order valence-electron chi connectivity index (χ2n) is 6.66. The predicted molar refractivity (Wildman–Crippen MR) is 104 cm³/mol. The van der Waals surface area contributed by atoms with Gasteiger partial charge in [-0.15, -0.1) is 0 Å². The summed E-state index contributed by atoms with van der Waals surface area (Å²) in [5.41, 5.74) is 3.83. The number of carbonyl (C=O) groups is 3. The van der Waals surface area contributed by atoms with Crippen molar-refractivity contribution in [1.29, 1.82) is 0 Å². The van der Waals surface area contributed by atoms with Gasteiger partial charge in [-0.1, -0.05) is 36.4 Å². The Kier molecular flexibility index (Phi) is 4.31. The van der Waals surface area contributed by atoms with E-state index in [4.69, 9.17) is 4.74 Å². The lowest BCUT2D eigenvalue weighted by Crippen LogP contribution is -2.47. The first-order valence-corrected chi connectivity index (χ1v) is 8.85. The van der Waals surface area contributed by atoms with Crippen LogP contribution >= 0.6 is 0 Å². The molecule has 3 aromatic rings. The number of hydrazine groups is 1. The molecule has 0 bridgehead atoms. The highest BCUT2D eigenvalue weighted by Gasteiger charge is 2.37. The first-order chi connectivity index (χ1) is 13.5. The van der Waals surface area contributed by atoms with E-state index in [1.54, 1.807) is 38.3 Å². The number of ether oxygens (including phenoxy) is 1. The van der Waals surface area contributed by atoms with E-state index in [1.165, 1.54) is 0 Å². The van der Waals surface area contributed by atoms with Crippen molar-refractivity contribution >= 4 is 28.5 Å². The molecule has 4 rings (SSSR count). The molecule has 1 heterocycles. The van der Waals surface area contributed by atoms with Crippen LogP contribution in [0.1, 0.15) is 39.1 Å². The first kappa shape index (κ1) is 17.7. The molecule has 6 heteroatoms. The molecule has 0 saturated heterocycles. The van der Waals surface area contributed by atoms with Crippen molar-refractivity contribution in [2.75, 3.05) is 7.11 Å². The lowest BCUT2D eigenvalue weighted by Gasteiger charge is -2.19. The highest BCUT2D eigenvalue weighted by atomic mass is 16.5. The van der Waals surface area contributed by atoms with E-state index < -0.39 is 23.6 Å². The summed E-state index contributed by atoms with van der Waals surface area (Å²) in [6.45, 7) is 1.73. The van der Waals surface area contributed by atoms with E-state index in [-0.39, 0.29) is 0 Å². The Bertz CT molecular complexity index is 1090. The summed E-state index contributed by atoms with van der Waals surface area (Å²) in [5, 5.41) is 2.75. The van der Waals surface area contributed by atoms with Gasteiger partial charge in [0.15, 0.2) is 0 Å². The average Bonchev–Trinajstić information content (AvgIpc) is 2.97. The Morgan fingerprint density at radius 3 is 2.18 bits per heavy atom. The van der Waals surface area contributed by atoms with Crippen LogP contribution in [0.4, 0.5) is 0 Å². The summed E-state index contributed by atoms with van der Waals surface area (Å²) in [5.74, 6) is -1.26. The van der Waals surface area contributed by atoms with Crippen LogP contribution in [0.25, 0.3) is 10.8 Å². The fourth-order valence-corrected chi connectivity index (χ4v) is 3.29. The maximum absolute atomic E-state index is 12.7. The van der Waals surface area contributed by atoms with Crippen molar-refractivity contribution in [3.05, 3.63) is 77.4 Å². The molecule has 1 aliphatic rings. The Morgan fingerprint density at radius 2 is 1.54 bits per heavy atom. The Hall–Kier alpha value is -3.67. The molecule has 3 aromatic carbocycles. The van der Waals surface area contributed by atoms with E-state index >= 15 is 0 Å². The summed E-state index contributed by atoms with van der Waals surface area (Å²) in [6.07, 6.45) is 0. The van der Waals surface area contributed by atoms with Crippen molar-refractivity contribution in [2.45, 2.75) is 12.8 Å². The van der Waals surface area contributed by atoms with Gasteiger partial charge in [-0.3, -0.25) is 19.8 Å². The maximum atomic E-state index is 12.7. The second kappa shape index (κ2) is 6.81. The molecule has 140 valence electrons. The highest BCUT2D eigenvalue weighted by Crippen LogP contribution is 2.26. The lowest BCUT2D eigenvalue weighted by atomic mass is 9.97. The van der Waals surface area contributed by atoms with Gasteiger partial charge in [-0.2, -0.15) is 5.01 Å². The third-order valence-electron chi connectivity index (χ3n) is 4.98. The fourth-order valence-electron chi connectivity index (χ4n) is 3.29. The minimum atomic E-state index is -0.546. The number of imide groups is 1. The van der Waals surface area contributed by atoms with Crippen LogP contribution in [-0.2, 0) is 4.79 Å². The van der Waals surface area contributed by atoms with Gasteiger partial charge in [-0.05, 0) is 47.5 Å². The molecule has 0 fully saturated rings. The number of nitrogens with zero attached hydrogens (tertiary/aromatic N) is 1. The van der Waals surface area contributed by atoms with Crippen LogP contribution < -0.4 is 10.2 Å². The summed E-state index contributed by atoms with van der Waals surface area (Å²) in [6, 6.07) is 17.9. The third kappa shape index (κ3) is 2.89. The molecule has 1 unspecified atom stereocenters. The molecule has 1 atom stereocenters. The van der Waals surface area contributed by atoms with Gasteiger partial charge in [0.05, 0.1) is 24.2 Å². The van der Waals surface area contributed by atoms with Gasteiger partial charge in [0.1, 0.15) is 5.75 Å². The van der Waals surface area contributed by atoms with E-state index in [0.29, 0.717) is 11.1 Å². The molecule has 6 nitrogen and oxygen atoms in total. The summed E-state index contributed by atoms with van der Waals surface area (Å²) >= 11 is 0. The number of hydrogen-bond acceptors (Lipinski definition) is 4. The molecule has 3 amide bonds. The molecule has 0 spiro atoms. The fraction of sp³-hybridized carbons (Fsp3) is 0.136. The normalized spacial score (nSPS) is 14.1. The summed E-state index contributed by atoms with van der Waals surface area (Å²) < 4.78 is 5.23. The number of hydrogen-bond donors (Lipinski definition) is 1. The number of fused-ring (bicyclic) bond motifs is 2. The van der Waals surface area contributed by atoms with Gasteiger partial charge in [0.25, 0.3) is 11.8 Å². The molecular formula is C22H18N2O4. The Labute approximate surface area is 161 Å².